The number of amides is 1. The number of carbonyl (C=O) groups excluding carboxylic acids is 1. The van der Waals surface area contributed by atoms with Gasteiger partial charge in [0.15, 0.2) is 4.34 Å². The minimum Gasteiger partial charge on any atom is -0.296 e. The van der Waals surface area contributed by atoms with E-state index in [0.717, 1.165) is 4.34 Å². The van der Waals surface area contributed by atoms with Gasteiger partial charge in [-0.1, -0.05) is 43.0 Å². The smallest absolute Gasteiger partial charge is 0.259 e. The van der Waals surface area contributed by atoms with Gasteiger partial charge in [-0.2, -0.15) is 0 Å². The molecule has 2 aromatic heterocycles. The maximum atomic E-state index is 12.4. The van der Waals surface area contributed by atoms with Crippen molar-refractivity contribution in [2.45, 2.75) is 23.4 Å². The molecule has 0 unspecified atom stereocenters. The number of benzene rings is 1. The third-order valence-electron chi connectivity index (χ3n) is 2.71. The first-order valence-electron chi connectivity index (χ1n) is 6.65. The summed E-state index contributed by atoms with van der Waals surface area (Å²) in [6, 6.07) is 5.32. The molecule has 1 amide bonds. The van der Waals surface area contributed by atoms with Gasteiger partial charge in [0.25, 0.3) is 5.91 Å². The maximum Gasteiger partial charge on any atom is 0.259 e. The fourth-order valence-electron chi connectivity index (χ4n) is 1.85. The zero-order chi connectivity index (χ0) is 15.5. The molecule has 0 aliphatic heterocycles. The van der Waals surface area contributed by atoms with Crippen LogP contribution >= 0.6 is 23.1 Å². The molecule has 0 atom stereocenters. The fourth-order valence-corrected chi connectivity index (χ4v) is 3.82. The van der Waals surface area contributed by atoms with Gasteiger partial charge >= 0.3 is 0 Å². The summed E-state index contributed by atoms with van der Waals surface area (Å²) in [6.45, 7) is 4.16. The quantitative estimate of drug-likeness (QED) is 0.584. The third-order valence-corrected chi connectivity index (χ3v) is 4.63. The number of rotatable bonds is 4. The van der Waals surface area contributed by atoms with Crippen LogP contribution in [0.3, 0.4) is 0 Å². The third kappa shape index (κ3) is 3.23. The van der Waals surface area contributed by atoms with Gasteiger partial charge in [0.1, 0.15) is 5.52 Å². The summed E-state index contributed by atoms with van der Waals surface area (Å²) in [7, 11) is 0. The van der Waals surface area contributed by atoms with Crippen molar-refractivity contribution in [3.05, 3.63) is 36.2 Å². The van der Waals surface area contributed by atoms with Crippen molar-refractivity contribution in [1.82, 2.24) is 20.2 Å². The largest absolute Gasteiger partial charge is 0.296 e. The van der Waals surface area contributed by atoms with Crippen molar-refractivity contribution in [3.8, 4) is 0 Å². The highest BCUT2D eigenvalue weighted by atomic mass is 32.2. The summed E-state index contributed by atoms with van der Waals surface area (Å²) >= 11 is 2.98. The lowest BCUT2D eigenvalue weighted by Gasteiger charge is -2.04. The first-order valence-corrected chi connectivity index (χ1v) is 8.34. The minimum atomic E-state index is -0.261. The van der Waals surface area contributed by atoms with E-state index in [4.69, 9.17) is 0 Å². The van der Waals surface area contributed by atoms with Crippen LogP contribution in [0, 0.1) is 0 Å². The van der Waals surface area contributed by atoms with Gasteiger partial charge in [0.05, 0.1) is 11.1 Å². The highest BCUT2D eigenvalue weighted by molar-refractivity contribution is 8.01. The van der Waals surface area contributed by atoms with Crippen LogP contribution in [0.1, 0.15) is 24.2 Å². The number of hydrogen-bond acceptors (Lipinski definition) is 7. The number of anilines is 1. The number of para-hydroxylation sites is 1. The molecule has 1 aromatic carbocycles. The Hall–Kier alpha value is -2.06. The van der Waals surface area contributed by atoms with E-state index in [-0.39, 0.29) is 5.91 Å². The second-order valence-electron chi connectivity index (χ2n) is 4.72. The Balaban J connectivity index is 1.83. The van der Waals surface area contributed by atoms with Crippen LogP contribution in [0.4, 0.5) is 5.13 Å². The molecule has 0 saturated heterocycles. The van der Waals surface area contributed by atoms with Gasteiger partial charge in [0, 0.05) is 17.6 Å². The summed E-state index contributed by atoms with van der Waals surface area (Å²) in [5.41, 5.74) is 1.73. The normalized spacial score (nSPS) is 11.0. The van der Waals surface area contributed by atoms with E-state index in [9.17, 15) is 4.79 Å². The molecule has 3 rings (SSSR count). The molecule has 8 heteroatoms. The Kier molecular flexibility index (Phi) is 4.30. The molecule has 0 aliphatic rings. The standard InChI is InChI=1S/C14H13N5OS2/c1-8(2)21-14-19-18-13(22-14)17-12(20)9-4-3-5-10-11(9)16-7-6-15-10/h3-8H,1-2H3,(H,17,18,20). The average molecular weight is 331 g/mol. The molecule has 0 saturated carbocycles. The molecule has 3 aromatic rings. The van der Waals surface area contributed by atoms with Crippen LogP contribution in [-0.4, -0.2) is 31.3 Å². The summed E-state index contributed by atoms with van der Waals surface area (Å²) in [5.74, 6) is -0.261. The van der Waals surface area contributed by atoms with E-state index in [1.54, 1.807) is 36.3 Å². The Bertz CT molecular complexity index is 812. The van der Waals surface area contributed by atoms with Gasteiger partial charge < -0.3 is 0 Å². The molecule has 0 bridgehead atoms. The lowest BCUT2D eigenvalue weighted by molar-refractivity contribution is 0.102. The first-order chi connectivity index (χ1) is 10.6. The SMILES string of the molecule is CC(C)Sc1nnc(NC(=O)c2cccc3nccnc23)s1. The number of nitrogens with one attached hydrogen (secondary N) is 1. The Morgan fingerprint density at radius 2 is 2.05 bits per heavy atom. The van der Waals surface area contributed by atoms with E-state index < -0.39 is 0 Å². The predicted octanol–water partition coefficient (Wildman–Crippen LogP) is 3.23. The first kappa shape index (κ1) is 14.9. The fraction of sp³-hybridized carbons (Fsp3) is 0.214. The Morgan fingerprint density at radius 3 is 2.86 bits per heavy atom. The zero-order valence-corrected chi connectivity index (χ0v) is 13.6. The second-order valence-corrected chi connectivity index (χ2v) is 7.52. The monoisotopic (exact) mass is 331 g/mol. The van der Waals surface area contributed by atoms with Gasteiger partial charge in [-0.05, 0) is 12.1 Å². The number of thioether (sulfide) groups is 1. The van der Waals surface area contributed by atoms with Crippen LogP contribution in [0.5, 0.6) is 0 Å². The van der Waals surface area contributed by atoms with Crippen molar-refractivity contribution >= 4 is 45.2 Å². The Labute approximate surface area is 135 Å². The topological polar surface area (TPSA) is 80.7 Å². The van der Waals surface area contributed by atoms with Gasteiger partial charge in [0.2, 0.25) is 5.13 Å². The van der Waals surface area contributed by atoms with Crippen molar-refractivity contribution < 1.29 is 4.79 Å². The van der Waals surface area contributed by atoms with Gasteiger partial charge in [-0.3, -0.25) is 20.1 Å². The number of hydrogen-bond donors (Lipinski definition) is 1. The average Bonchev–Trinajstić information content (AvgIpc) is 2.92. The van der Waals surface area contributed by atoms with Crippen LogP contribution in [0.2, 0.25) is 0 Å². The van der Waals surface area contributed by atoms with Crippen molar-refractivity contribution in [1.29, 1.82) is 0 Å². The van der Waals surface area contributed by atoms with Crippen molar-refractivity contribution in [2.24, 2.45) is 0 Å². The van der Waals surface area contributed by atoms with Gasteiger partial charge in [-0.25, -0.2) is 0 Å². The lowest BCUT2D eigenvalue weighted by Crippen LogP contribution is -2.12. The summed E-state index contributed by atoms with van der Waals surface area (Å²) < 4.78 is 0.836. The number of nitrogens with zero attached hydrogens (tertiary/aromatic N) is 4. The number of aromatic nitrogens is 4. The molecule has 112 valence electrons. The highest BCUT2D eigenvalue weighted by Crippen LogP contribution is 2.28. The number of fused-ring (bicyclic) bond motifs is 1. The zero-order valence-electron chi connectivity index (χ0n) is 12.0. The molecule has 2 heterocycles. The molecule has 0 radical (unpaired) electrons. The van der Waals surface area contributed by atoms with E-state index in [1.165, 1.54) is 11.3 Å². The Morgan fingerprint density at radius 1 is 1.23 bits per heavy atom. The molecule has 6 nitrogen and oxygen atoms in total. The minimum absolute atomic E-state index is 0.261. The lowest BCUT2D eigenvalue weighted by atomic mass is 10.1. The highest BCUT2D eigenvalue weighted by Gasteiger charge is 2.14. The van der Waals surface area contributed by atoms with Crippen LogP contribution in [0.15, 0.2) is 34.9 Å². The van der Waals surface area contributed by atoms with Crippen molar-refractivity contribution in [2.75, 3.05) is 5.32 Å². The van der Waals surface area contributed by atoms with Gasteiger partial charge in [-0.15, -0.1) is 10.2 Å². The van der Waals surface area contributed by atoms with Crippen LogP contribution in [-0.2, 0) is 0 Å². The molecule has 0 spiro atoms. The van der Waals surface area contributed by atoms with E-state index >= 15 is 0 Å². The predicted molar refractivity (Wildman–Crippen MR) is 88.4 cm³/mol. The second kappa shape index (κ2) is 6.37. The van der Waals surface area contributed by atoms with E-state index in [1.807, 2.05) is 6.07 Å². The summed E-state index contributed by atoms with van der Waals surface area (Å²) in [4.78, 5) is 20.8. The van der Waals surface area contributed by atoms with Crippen LogP contribution in [0.25, 0.3) is 11.0 Å². The molecule has 0 fully saturated rings. The van der Waals surface area contributed by atoms with Crippen LogP contribution < -0.4 is 5.32 Å². The molecular formula is C14H13N5OS2. The number of carbonyl (C=O) groups is 1. The molecule has 22 heavy (non-hydrogen) atoms. The maximum absolute atomic E-state index is 12.4. The summed E-state index contributed by atoms with van der Waals surface area (Å²) in [5, 5.41) is 11.7. The van der Waals surface area contributed by atoms with E-state index in [0.29, 0.717) is 27.0 Å². The summed E-state index contributed by atoms with van der Waals surface area (Å²) in [6.07, 6.45) is 3.17. The molecule has 0 aliphatic carbocycles. The van der Waals surface area contributed by atoms with Crippen molar-refractivity contribution in [3.63, 3.8) is 0 Å². The molecular weight excluding hydrogens is 318 g/mol. The van der Waals surface area contributed by atoms with E-state index in [2.05, 4.69) is 39.3 Å². The molecule has 1 N–H and O–H groups in total.